The summed E-state index contributed by atoms with van der Waals surface area (Å²) >= 11 is 0. The van der Waals surface area contributed by atoms with Crippen LogP contribution in [-0.4, -0.2) is 37.5 Å². The fourth-order valence-electron chi connectivity index (χ4n) is 2.36. The monoisotopic (exact) mass is 317 g/mol. The molecular formula is C18H23NO4. The van der Waals surface area contributed by atoms with E-state index >= 15 is 0 Å². The summed E-state index contributed by atoms with van der Waals surface area (Å²) in [5.74, 6) is 1.58. The number of hydrogen-bond donors (Lipinski definition) is 3. The van der Waals surface area contributed by atoms with E-state index in [0.29, 0.717) is 23.6 Å². The first-order valence-electron chi connectivity index (χ1n) is 7.52. The number of benzene rings is 2. The van der Waals surface area contributed by atoms with Crippen LogP contribution >= 0.6 is 0 Å². The molecule has 0 bridgehead atoms. The average molecular weight is 317 g/mol. The Labute approximate surface area is 136 Å². The Morgan fingerprint density at radius 2 is 1.83 bits per heavy atom. The summed E-state index contributed by atoms with van der Waals surface area (Å²) in [6, 6.07) is 12.5. The molecule has 0 saturated carbocycles. The van der Waals surface area contributed by atoms with Gasteiger partial charge in [-0.25, -0.2) is 0 Å². The second kappa shape index (κ2) is 8.41. The van der Waals surface area contributed by atoms with Crippen LogP contribution < -0.4 is 14.8 Å². The van der Waals surface area contributed by atoms with Crippen molar-refractivity contribution in [3.8, 4) is 17.2 Å². The number of methoxy groups -OCH3 is 2. The van der Waals surface area contributed by atoms with Gasteiger partial charge < -0.3 is 25.0 Å². The molecule has 2 rings (SSSR count). The smallest absolute Gasteiger partial charge is 0.160 e. The van der Waals surface area contributed by atoms with Gasteiger partial charge in [-0.15, -0.1) is 0 Å². The summed E-state index contributed by atoms with van der Waals surface area (Å²) in [4.78, 5) is 0. The molecule has 0 aromatic heterocycles. The van der Waals surface area contributed by atoms with Crippen LogP contribution in [0.3, 0.4) is 0 Å². The van der Waals surface area contributed by atoms with Crippen LogP contribution in [0, 0.1) is 0 Å². The summed E-state index contributed by atoms with van der Waals surface area (Å²) in [5.41, 5.74) is 1.82. The summed E-state index contributed by atoms with van der Waals surface area (Å²) in [5, 5.41) is 22.7. The van der Waals surface area contributed by atoms with Crippen molar-refractivity contribution in [2.75, 3.05) is 27.3 Å². The van der Waals surface area contributed by atoms with Crippen molar-refractivity contribution in [3.63, 3.8) is 0 Å². The highest BCUT2D eigenvalue weighted by Gasteiger charge is 2.08. The maximum Gasteiger partial charge on any atom is 0.160 e. The molecule has 1 atom stereocenters. The largest absolute Gasteiger partial charge is 0.508 e. The number of rotatable bonds is 8. The Kier molecular flexibility index (Phi) is 6.26. The van der Waals surface area contributed by atoms with E-state index in [4.69, 9.17) is 9.47 Å². The molecule has 0 aliphatic rings. The van der Waals surface area contributed by atoms with Gasteiger partial charge in [0.2, 0.25) is 0 Å². The van der Waals surface area contributed by atoms with Crippen LogP contribution in [0.25, 0.3) is 0 Å². The number of aliphatic hydroxyl groups excluding tert-OH is 1. The second-order valence-electron chi connectivity index (χ2n) is 5.25. The van der Waals surface area contributed by atoms with Gasteiger partial charge in [-0.1, -0.05) is 18.2 Å². The van der Waals surface area contributed by atoms with Crippen LogP contribution in [0.2, 0.25) is 0 Å². The van der Waals surface area contributed by atoms with E-state index in [1.54, 1.807) is 38.5 Å². The van der Waals surface area contributed by atoms with Crippen molar-refractivity contribution in [3.05, 3.63) is 53.6 Å². The van der Waals surface area contributed by atoms with E-state index in [9.17, 15) is 10.2 Å². The molecule has 0 aliphatic carbocycles. The summed E-state index contributed by atoms with van der Waals surface area (Å²) in [6.07, 6.45) is 0.167. The van der Waals surface area contributed by atoms with Crippen molar-refractivity contribution >= 4 is 0 Å². The van der Waals surface area contributed by atoms with Crippen LogP contribution in [0.15, 0.2) is 42.5 Å². The molecule has 0 aliphatic heterocycles. The first-order valence-corrected chi connectivity index (χ1v) is 7.52. The number of aromatic hydroxyl groups is 1. The van der Waals surface area contributed by atoms with Gasteiger partial charge in [0, 0.05) is 6.54 Å². The Balaban J connectivity index is 1.81. The Hall–Kier alpha value is -2.24. The first kappa shape index (κ1) is 17.1. The number of nitrogens with one attached hydrogen (secondary N) is 1. The highest BCUT2D eigenvalue weighted by atomic mass is 16.5. The molecule has 0 spiro atoms. The van der Waals surface area contributed by atoms with Crippen LogP contribution in [0.4, 0.5) is 0 Å². The minimum atomic E-state index is -0.646. The van der Waals surface area contributed by atoms with Crippen molar-refractivity contribution < 1.29 is 19.7 Å². The SMILES string of the molecule is COc1ccc(CCNC[C@H](O)c2cccc(O)c2)cc1OC. The van der Waals surface area contributed by atoms with Crippen molar-refractivity contribution in [2.24, 2.45) is 0 Å². The van der Waals surface area contributed by atoms with E-state index < -0.39 is 6.10 Å². The highest BCUT2D eigenvalue weighted by molar-refractivity contribution is 5.42. The van der Waals surface area contributed by atoms with Gasteiger partial charge in [-0.05, 0) is 48.4 Å². The molecule has 5 heteroatoms. The lowest BCUT2D eigenvalue weighted by molar-refractivity contribution is 0.174. The molecule has 0 saturated heterocycles. The quantitative estimate of drug-likeness (QED) is 0.652. The van der Waals surface area contributed by atoms with Gasteiger partial charge in [0.25, 0.3) is 0 Å². The molecule has 0 unspecified atom stereocenters. The predicted molar refractivity (Wildman–Crippen MR) is 89.2 cm³/mol. The van der Waals surface area contributed by atoms with Gasteiger partial charge in [0.1, 0.15) is 5.75 Å². The van der Waals surface area contributed by atoms with Gasteiger partial charge in [0.05, 0.1) is 20.3 Å². The van der Waals surface area contributed by atoms with E-state index in [0.717, 1.165) is 18.5 Å². The molecule has 124 valence electrons. The van der Waals surface area contributed by atoms with E-state index in [-0.39, 0.29) is 5.75 Å². The lowest BCUT2D eigenvalue weighted by atomic mass is 10.1. The van der Waals surface area contributed by atoms with E-state index in [1.807, 2.05) is 18.2 Å². The fraction of sp³-hybridized carbons (Fsp3) is 0.333. The lowest BCUT2D eigenvalue weighted by Gasteiger charge is -2.13. The van der Waals surface area contributed by atoms with Crippen molar-refractivity contribution in [1.82, 2.24) is 5.32 Å². The standard InChI is InChI=1S/C18H23NO4/c1-22-17-7-6-13(10-18(17)23-2)8-9-19-12-16(21)14-4-3-5-15(20)11-14/h3-7,10-11,16,19-21H,8-9,12H2,1-2H3/t16-/m0/s1. The van der Waals surface area contributed by atoms with Crippen molar-refractivity contribution in [1.29, 1.82) is 0 Å². The molecule has 0 amide bonds. The number of phenols is 1. The molecule has 0 radical (unpaired) electrons. The van der Waals surface area contributed by atoms with Gasteiger partial charge in [-0.2, -0.15) is 0 Å². The van der Waals surface area contributed by atoms with E-state index in [2.05, 4.69) is 5.32 Å². The second-order valence-corrected chi connectivity index (χ2v) is 5.25. The topological polar surface area (TPSA) is 71.0 Å². The Bertz CT molecular complexity index is 630. The minimum absolute atomic E-state index is 0.159. The molecule has 0 heterocycles. The predicted octanol–water partition coefficient (Wildman–Crippen LogP) is 2.28. The molecule has 5 nitrogen and oxygen atoms in total. The van der Waals surface area contributed by atoms with Crippen LogP contribution in [0.1, 0.15) is 17.2 Å². The summed E-state index contributed by atoms with van der Waals surface area (Å²) in [7, 11) is 3.23. The molecule has 0 fully saturated rings. The van der Waals surface area contributed by atoms with E-state index in [1.165, 1.54) is 0 Å². The fourth-order valence-corrected chi connectivity index (χ4v) is 2.36. The van der Waals surface area contributed by atoms with Gasteiger partial charge >= 0.3 is 0 Å². The maximum atomic E-state index is 10.1. The number of hydrogen-bond acceptors (Lipinski definition) is 5. The zero-order chi connectivity index (χ0) is 16.7. The van der Waals surface area contributed by atoms with Crippen LogP contribution in [-0.2, 0) is 6.42 Å². The summed E-state index contributed by atoms with van der Waals surface area (Å²) < 4.78 is 10.5. The Morgan fingerprint density at radius 1 is 1.04 bits per heavy atom. The number of phenolic OH excluding ortho intramolecular Hbond substituents is 1. The lowest BCUT2D eigenvalue weighted by Crippen LogP contribution is -2.23. The minimum Gasteiger partial charge on any atom is -0.508 e. The normalized spacial score (nSPS) is 12.0. The number of ether oxygens (including phenoxy) is 2. The van der Waals surface area contributed by atoms with Crippen LogP contribution in [0.5, 0.6) is 17.2 Å². The zero-order valence-electron chi connectivity index (χ0n) is 13.5. The zero-order valence-corrected chi connectivity index (χ0v) is 13.5. The third-order valence-electron chi connectivity index (χ3n) is 3.63. The third-order valence-corrected chi connectivity index (χ3v) is 3.63. The van der Waals surface area contributed by atoms with Gasteiger partial charge in [0.15, 0.2) is 11.5 Å². The summed E-state index contributed by atoms with van der Waals surface area (Å²) in [6.45, 7) is 1.15. The Morgan fingerprint density at radius 3 is 2.52 bits per heavy atom. The maximum absolute atomic E-state index is 10.1. The molecule has 23 heavy (non-hydrogen) atoms. The number of aliphatic hydroxyl groups is 1. The highest BCUT2D eigenvalue weighted by Crippen LogP contribution is 2.27. The van der Waals surface area contributed by atoms with Crippen molar-refractivity contribution in [2.45, 2.75) is 12.5 Å². The molecule has 2 aromatic rings. The third kappa shape index (κ3) is 4.87. The molecular weight excluding hydrogens is 294 g/mol. The van der Waals surface area contributed by atoms with Gasteiger partial charge in [-0.3, -0.25) is 0 Å². The first-order chi connectivity index (χ1) is 11.1. The molecule has 3 N–H and O–H groups in total. The average Bonchev–Trinajstić information content (AvgIpc) is 2.58. The molecule has 2 aromatic carbocycles.